The van der Waals surface area contributed by atoms with Crippen molar-refractivity contribution in [3.63, 3.8) is 0 Å². The molecule has 2 atom stereocenters. The van der Waals surface area contributed by atoms with Crippen molar-refractivity contribution < 1.29 is 50.0 Å². The normalized spacial score (nSPS) is 12.9. The van der Waals surface area contributed by atoms with E-state index in [0.717, 1.165) is 22.3 Å². The first-order valence-electron chi connectivity index (χ1n) is 19.8. The summed E-state index contributed by atoms with van der Waals surface area (Å²) in [6, 6.07) is 40.1. The lowest BCUT2D eigenvalue weighted by Crippen LogP contribution is -2.32. The summed E-state index contributed by atoms with van der Waals surface area (Å²) in [7, 11) is 0. The van der Waals surface area contributed by atoms with Crippen LogP contribution in [0.2, 0.25) is 0 Å². The van der Waals surface area contributed by atoms with Crippen LogP contribution < -0.4 is 18.9 Å². The Labute approximate surface area is 352 Å². The molecule has 6 aromatic rings. The summed E-state index contributed by atoms with van der Waals surface area (Å²) in [6.07, 6.45) is 1.24. The van der Waals surface area contributed by atoms with Crippen molar-refractivity contribution in [3.8, 4) is 34.5 Å². The van der Waals surface area contributed by atoms with Crippen molar-refractivity contribution in [1.29, 1.82) is 0 Å². The van der Waals surface area contributed by atoms with Gasteiger partial charge in [-0.1, -0.05) is 76.2 Å². The zero-order valence-electron chi connectivity index (χ0n) is 34.3. The maximum atomic E-state index is 13.4. The highest BCUT2D eigenvalue weighted by molar-refractivity contribution is 5.37. The molecule has 0 saturated heterocycles. The average Bonchev–Trinajstić information content (AvgIpc) is 3.21. The molecule has 11 heteroatoms. The molecule has 0 spiro atoms. The SMILES string of the molecule is CC(C)(Cc1ccc(Oc2ccc(F)cc2)cc1)C(COCC(c1ccc(OC(F)F)cc1)C(C)(C)Cc1ccc(Oc2ccc(F)cc2)cc1)c1ccc(OC(F)F)cc1. The van der Waals surface area contributed by atoms with Crippen LogP contribution in [0, 0.1) is 22.5 Å². The molecular formula is C50H48F6O5. The fraction of sp³-hybridized carbons (Fsp3) is 0.280. The summed E-state index contributed by atoms with van der Waals surface area (Å²) in [4.78, 5) is 0. The second-order valence-electron chi connectivity index (χ2n) is 16.3. The lowest BCUT2D eigenvalue weighted by molar-refractivity contribution is -0.0505. The Morgan fingerprint density at radius 3 is 0.967 bits per heavy atom. The predicted molar refractivity (Wildman–Crippen MR) is 223 cm³/mol. The molecule has 0 heterocycles. The van der Waals surface area contributed by atoms with E-state index >= 15 is 0 Å². The van der Waals surface area contributed by atoms with Crippen LogP contribution in [-0.4, -0.2) is 26.4 Å². The van der Waals surface area contributed by atoms with Gasteiger partial charge in [0.2, 0.25) is 0 Å². The minimum absolute atomic E-state index is 0.0455. The van der Waals surface area contributed by atoms with E-state index in [1.54, 1.807) is 48.5 Å². The van der Waals surface area contributed by atoms with Crippen molar-refractivity contribution in [2.75, 3.05) is 13.2 Å². The lowest BCUT2D eigenvalue weighted by atomic mass is 9.71. The molecule has 320 valence electrons. The van der Waals surface area contributed by atoms with Crippen molar-refractivity contribution in [3.05, 3.63) is 179 Å². The molecule has 0 bridgehead atoms. The van der Waals surface area contributed by atoms with E-state index in [-0.39, 0.29) is 48.2 Å². The first kappa shape index (κ1) is 44.6. The van der Waals surface area contributed by atoms with Gasteiger partial charge in [0.1, 0.15) is 46.1 Å². The summed E-state index contributed by atoms with van der Waals surface area (Å²) in [5.41, 5.74) is 2.94. The fourth-order valence-electron chi connectivity index (χ4n) is 7.54. The van der Waals surface area contributed by atoms with Crippen LogP contribution in [0.1, 0.15) is 61.8 Å². The van der Waals surface area contributed by atoms with E-state index in [1.807, 2.05) is 48.5 Å². The molecule has 0 fully saturated rings. The van der Waals surface area contributed by atoms with E-state index in [2.05, 4.69) is 37.2 Å². The number of rotatable bonds is 20. The van der Waals surface area contributed by atoms with Crippen LogP contribution in [0.15, 0.2) is 146 Å². The van der Waals surface area contributed by atoms with Gasteiger partial charge in [0.25, 0.3) is 0 Å². The number of benzene rings is 6. The summed E-state index contributed by atoms with van der Waals surface area (Å²) < 4.78 is 107. The maximum Gasteiger partial charge on any atom is 0.387 e. The van der Waals surface area contributed by atoms with E-state index in [1.165, 1.54) is 48.5 Å². The highest BCUT2D eigenvalue weighted by Gasteiger charge is 2.35. The van der Waals surface area contributed by atoms with Crippen molar-refractivity contribution in [1.82, 2.24) is 0 Å². The number of ether oxygens (including phenoxy) is 5. The predicted octanol–water partition coefficient (Wildman–Crippen LogP) is 14.2. The lowest BCUT2D eigenvalue weighted by Gasteiger charge is -2.38. The van der Waals surface area contributed by atoms with E-state index in [0.29, 0.717) is 35.8 Å². The topological polar surface area (TPSA) is 46.2 Å². The van der Waals surface area contributed by atoms with Gasteiger partial charge >= 0.3 is 13.2 Å². The first-order chi connectivity index (χ1) is 29.1. The molecule has 0 N–H and O–H groups in total. The average molecular weight is 843 g/mol. The Morgan fingerprint density at radius 1 is 0.393 bits per heavy atom. The van der Waals surface area contributed by atoms with E-state index in [4.69, 9.17) is 14.2 Å². The van der Waals surface area contributed by atoms with Gasteiger partial charge in [0, 0.05) is 11.8 Å². The van der Waals surface area contributed by atoms with Crippen molar-refractivity contribution >= 4 is 0 Å². The van der Waals surface area contributed by atoms with Gasteiger partial charge in [0.15, 0.2) is 0 Å². The summed E-state index contributed by atoms with van der Waals surface area (Å²) in [5.74, 6) is 1.16. The highest BCUT2D eigenvalue weighted by Crippen LogP contribution is 2.43. The number of hydrogen-bond donors (Lipinski definition) is 0. The molecule has 61 heavy (non-hydrogen) atoms. The number of alkyl halides is 4. The van der Waals surface area contributed by atoms with E-state index in [9.17, 15) is 26.3 Å². The molecule has 6 aromatic carbocycles. The molecule has 0 aliphatic rings. The first-order valence-corrected chi connectivity index (χ1v) is 19.8. The Morgan fingerprint density at radius 2 is 0.672 bits per heavy atom. The van der Waals surface area contributed by atoms with Gasteiger partial charge in [0.05, 0.1) is 13.2 Å². The quantitative estimate of drug-likeness (QED) is 0.0717. The summed E-state index contributed by atoms with van der Waals surface area (Å²) >= 11 is 0. The third kappa shape index (κ3) is 13.0. The van der Waals surface area contributed by atoms with Crippen LogP contribution in [0.4, 0.5) is 26.3 Å². The summed E-state index contributed by atoms with van der Waals surface area (Å²) in [6.45, 7) is 3.12. The van der Waals surface area contributed by atoms with Crippen LogP contribution in [0.25, 0.3) is 0 Å². The summed E-state index contributed by atoms with van der Waals surface area (Å²) in [5, 5.41) is 0. The molecule has 0 saturated carbocycles. The van der Waals surface area contributed by atoms with Gasteiger partial charge in [-0.3, -0.25) is 0 Å². The maximum absolute atomic E-state index is 13.4. The van der Waals surface area contributed by atoms with Gasteiger partial charge < -0.3 is 23.7 Å². The third-order valence-electron chi connectivity index (χ3n) is 10.7. The van der Waals surface area contributed by atoms with Crippen LogP contribution in [-0.2, 0) is 17.6 Å². The largest absolute Gasteiger partial charge is 0.457 e. The third-order valence-corrected chi connectivity index (χ3v) is 10.7. The Kier molecular flexibility index (Phi) is 14.7. The Hall–Kier alpha value is -5.94. The van der Waals surface area contributed by atoms with E-state index < -0.39 is 24.1 Å². The van der Waals surface area contributed by atoms with Crippen LogP contribution in [0.5, 0.6) is 34.5 Å². The molecule has 0 amide bonds. The fourth-order valence-corrected chi connectivity index (χ4v) is 7.54. The molecule has 0 aromatic heterocycles. The molecular weight excluding hydrogens is 795 g/mol. The minimum Gasteiger partial charge on any atom is -0.457 e. The molecule has 0 radical (unpaired) electrons. The number of hydrogen-bond acceptors (Lipinski definition) is 5. The molecule has 6 rings (SSSR count). The number of halogens is 6. The van der Waals surface area contributed by atoms with Gasteiger partial charge in [-0.2, -0.15) is 17.6 Å². The smallest absolute Gasteiger partial charge is 0.387 e. The molecule has 2 unspecified atom stereocenters. The standard InChI is InChI=1S/C50H48F6O5/c1-49(2,29-33-5-17-39(18-6-33)58-41-25-13-37(51)14-26-41)45(35-9-21-43(22-10-35)60-47(53)54)31-57-32-46(36-11-23-44(24-12-36)61-48(55)56)50(3,4)30-34-7-19-40(20-8-34)59-42-27-15-38(52)16-28-42/h5-28,45-48H,29-32H2,1-4H3. The van der Waals surface area contributed by atoms with Gasteiger partial charge in [-0.05, 0) is 143 Å². The second kappa shape index (κ2) is 20.1. The van der Waals surface area contributed by atoms with Crippen molar-refractivity contribution in [2.24, 2.45) is 10.8 Å². The van der Waals surface area contributed by atoms with Crippen LogP contribution in [0.3, 0.4) is 0 Å². The second-order valence-corrected chi connectivity index (χ2v) is 16.3. The zero-order chi connectivity index (χ0) is 43.6. The van der Waals surface area contributed by atoms with Crippen molar-refractivity contribution in [2.45, 2.75) is 65.6 Å². The molecule has 0 aliphatic carbocycles. The highest BCUT2D eigenvalue weighted by atomic mass is 19.3. The Bertz CT molecular complexity index is 2080. The Balaban J connectivity index is 1.22. The minimum atomic E-state index is -2.96. The van der Waals surface area contributed by atoms with Gasteiger partial charge in [-0.15, -0.1) is 0 Å². The van der Waals surface area contributed by atoms with Gasteiger partial charge in [-0.25, -0.2) is 8.78 Å². The molecule has 5 nitrogen and oxygen atoms in total. The van der Waals surface area contributed by atoms with Crippen LogP contribution >= 0.6 is 0 Å². The monoisotopic (exact) mass is 842 g/mol. The molecule has 0 aliphatic heterocycles. The zero-order valence-corrected chi connectivity index (χ0v) is 34.3.